The quantitative estimate of drug-likeness (QED) is 0.509. The van der Waals surface area contributed by atoms with Crippen LogP contribution in [0.1, 0.15) is 69.2 Å². The van der Waals surface area contributed by atoms with Crippen molar-refractivity contribution in [1.29, 1.82) is 0 Å². The largest absolute Gasteiger partial charge is 0.392 e. The molecule has 0 aromatic rings. The maximum absolute atomic E-state index is 14.1. The second-order valence-corrected chi connectivity index (χ2v) is 12.6. The number of ether oxygens (including phenoxy) is 1. The minimum absolute atomic E-state index is 0.00734. The van der Waals surface area contributed by atoms with Gasteiger partial charge >= 0.3 is 0 Å². The topological polar surface area (TPSA) is 87.0 Å². The van der Waals surface area contributed by atoms with Crippen molar-refractivity contribution in [2.75, 3.05) is 6.61 Å². The number of carbonyl (C=O) groups is 1. The van der Waals surface area contributed by atoms with Gasteiger partial charge in [-0.1, -0.05) is 48.5 Å². The van der Waals surface area contributed by atoms with Crippen molar-refractivity contribution < 1.29 is 24.9 Å². The lowest BCUT2D eigenvalue weighted by Gasteiger charge is -2.74. The second-order valence-electron chi connectivity index (χ2n) is 12.6. The molecule has 0 aromatic carbocycles. The molecule has 0 spiro atoms. The van der Waals surface area contributed by atoms with Crippen LogP contribution in [0.15, 0.2) is 11.1 Å². The van der Waals surface area contributed by atoms with Crippen LogP contribution in [0.25, 0.3) is 0 Å². The van der Waals surface area contributed by atoms with E-state index in [0.717, 1.165) is 0 Å². The highest BCUT2D eigenvalue weighted by atomic mass is 16.5. The molecule has 5 heteroatoms. The summed E-state index contributed by atoms with van der Waals surface area (Å²) in [6.45, 7) is 21.2. The second kappa shape index (κ2) is 6.22. The lowest BCUT2D eigenvalue weighted by Crippen LogP contribution is -2.80. The molecular formula is C26H42O5. The van der Waals surface area contributed by atoms with Crippen LogP contribution in [0.4, 0.5) is 0 Å². The Morgan fingerprint density at radius 2 is 1.45 bits per heavy atom. The Hall–Kier alpha value is -0.750. The van der Waals surface area contributed by atoms with E-state index in [1.165, 1.54) is 0 Å². The number of carbonyl (C=O) groups excluding carboxylic acids is 1. The monoisotopic (exact) mass is 434 g/mol. The third-order valence-electron chi connectivity index (χ3n) is 11.9. The third-order valence-corrected chi connectivity index (χ3v) is 11.9. The average molecular weight is 435 g/mol. The number of hydrogen-bond acceptors (Lipinski definition) is 5. The number of aliphatic hydroxyl groups is 3. The number of Topliss-reactive ketones (excluding diaryl/α,β-unsaturated/α-hetero) is 1. The van der Waals surface area contributed by atoms with Crippen LogP contribution in [-0.4, -0.2) is 51.6 Å². The molecule has 3 N–H and O–H groups in total. The van der Waals surface area contributed by atoms with E-state index in [9.17, 15) is 20.1 Å². The van der Waals surface area contributed by atoms with E-state index in [4.69, 9.17) is 4.74 Å². The van der Waals surface area contributed by atoms with Crippen molar-refractivity contribution in [3.8, 4) is 0 Å². The molecule has 11 atom stereocenters. The lowest BCUT2D eigenvalue weighted by atomic mass is 9.34. The van der Waals surface area contributed by atoms with Crippen molar-refractivity contribution in [1.82, 2.24) is 0 Å². The Morgan fingerprint density at radius 3 is 1.94 bits per heavy atom. The van der Waals surface area contributed by atoms with E-state index in [1.807, 2.05) is 20.8 Å². The van der Waals surface area contributed by atoms with Gasteiger partial charge in [-0.15, -0.1) is 0 Å². The van der Waals surface area contributed by atoms with Crippen molar-refractivity contribution in [2.45, 2.75) is 93.2 Å². The van der Waals surface area contributed by atoms with Crippen molar-refractivity contribution in [3.63, 3.8) is 0 Å². The molecule has 5 nitrogen and oxygen atoms in total. The predicted octanol–water partition coefficient (Wildman–Crippen LogP) is 3.35. The average Bonchev–Trinajstić information content (AvgIpc) is 2.71. The first-order chi connectivity index (χ1) is 14.0. The minimum atomic E-state index is -1.34. The van der Waals surface area contributed by atoms with Gasteiger partial charge in [-0.05, 0) is 60.5 Å². The first-order valence-corrected chi connectivity index (χ1v) is 11.9. The molecule has 0 aromatic heterocycles. The summed E-state index contributed by atoms with van der Waals surface area (Å²) in [6.07, 6.45) is -2.98. The number of rotatable bonds is 0. The summed E-state index contributed by atoms with van der Waals surface area (Å²) >= 11 is 0. The van der Waals surface area contributed by atoms with Gasteiger partial charge in [0.05, 0.1) is 29.8 Å². The van der Waals surface area contributed by atoms with E-state index in [-0.39, 0.29) is 34.9 Å². The molecule has 2 bridgehead atoms. The molecule has 1 aliphatic heterocycles. The van der Waals surface area contributed by atoms with E-state index in [1.54, 1.807) is 0 Å². The molecule has 31 heavy (non-hydrogen) atoms. The summed E-state index contributed by atoms with van der Waals surface area (Å²) in [6, 6.07) is 0. The Labute approximate surface area is 187 Å². The molecule has 3 fully saturated rings. The Balaban J connectivity index is 2.08. The third kappa shape index (κ3) is 2.16. The van der Waals surface area contributed by atoms with Crippen LogP contribution >= 0.6 is 0 Å². The molecule has 2 saturated carbocycles. The molecule has 4 aliphatic rings. The van der Waals surface area contributed by atoms with Gasteiger partial charge in [0.2, 0.25) is 0 Å². The van der Waals surface area contributed by atoms with Gasteiger partial charge in [-0.2, -0.15) is 0 Å². The smallest absolute Gasteiger partial charge is 0.174 e. The van der Waals surface area contributed by atoms with E-state index in [2.05, 4.69) is 48.5 Å². The Kier molecular flexibility index (Phi) is 4.70. The molecule has 11 unspecified atom stereocenters. The number of aliphatic hydroxyl groups excluding tert-OH is 3. The molecular weight excluding hydrogens is 392 g/mol. The highest BCUT2D eigenvalue weighted by Crippen LogP contribution is 2.73. The summed E-state index contributed by atoms with van der Waals surface area (Å²) in [5.41, 5.74) is -1.55. The van der Waals surface area contributed by atoms with Gasteiger partial charge in [-0.25, -0.2) is 0 Å². The van der Waals surface area contributed by atoms with Crippen LogP contribution in [0.2, 0.25) is 0 Å². The molecule has 1 saturated heterocycles. The van der Waals surface area contributed by atoms with Gasteiger partial charge in [0, 0.05) is 11.3 Å². The van der Waals surface area contributed by atoms with E-state index in [0.29, 0.717) is 17.8 Å². The fourth-order valence-electron chi connectivity index (χ4n) is 9.14. The van der Waals surface area contributed by atoms with Crippen LogP contribution in [-0.2, 0) is 9.53 Å². The molecule has 0 radical (unpaired) electrons. The van der Waals surface area contributed by atoms with Gasteiger partial charge < -0.3 is 20.1 Å². The standard InChI is InChI=1S/C26H42O5/c1-12-16-18(28)21(30)24(8)19(23(7)11-31-26(23,10)15(4)20(24)29)14(3)25(9,22(16,5)6)13(2)17(12)27/h13-15,17-20,27-29H,11H2,1-10H3. The Morgan fingerprint density at radius 1 is 0.903 bits per heavy atom. The van der Waals surface area contributed by atoms with Crippen LogP contribution in [0.3, 0.4) is 0 Å². The molecule has 3 aliphatic carbocycles. The van der Waals surface area contributed by atoms with Gasteiger partial charge in [0.15, 0.2) is 5.78 Å². The maximum Gasteiger partial charge on any atom is 0.174 e. The van der Waals surface area contributed by atoms with Crippen molar-refractivity contribution in [3.05, 3.63) is 11.1 Å². The van der Waals surface area contributed by atoms with Gasteiger partial charge in [0.25, 0.3) is 0 Å². The zero-order valence-electron chi connectivity index (χ0n) is 20.9. The van der Waals surface area contributed by atoms with Crippen LogP contribution < -0.4 is 0 Å². The number of fused-ring (bicyclic) bond motifs is 5. The van der Waals surface area contributed by atoms with Gasteiger partial charge in [-0.3, -0.25) is 4.79 Å². The van der Waals surface area contributed by atoms with E-state index < -0.39 is 40.2 Å². The molecule has 4 rings (SSSR count). The summed E-state index contributed by atoms with van der Waals surface area (Å²) in [7, 11) is 0. The highest BCUT2D eigenvalue weighted by Gasteiger charge is 2.77. The zero-order valence-corrected chi connectivity index (χ0v) is 20.9. The normalized spacial score (nSPS) is 58.6. The number of hydrogen-bond donors (Lipinski definition) is 3. The first-order valence-electron chi connectivity index (χ1n) is 11.9. The fourth-order valence-corrected chi connectivity index (χ4v) is 9.14. The molecule has 0 amide bonds. The lowest BCUT2D eigenvalue weighted by molar-refractivity contribution is -0.366. The summed E-state index contributed by atoms with van der Waals surface area (Å²) < 4.78 is 6.15. The zero-order chi connectivity index (χ0) is 23.7. The summed E-state index contributed by atoms with van der Waals surface area (Å²) in [5, 5.41) is 34.4. The van der Waals surface area contributed by atoms with Crippen LogP contribution in [0, 0.1) is 45.3 Å². The number of ketones is 1. The van der Waals surface area contributed by atoms with Crippen LogP contribution in [0.5, 0.6) is 0 Å². The summed E-state index contributed by atoms with van der Waals surface area (Å²) in [4.78, 5) is 14.1. The fraction of sp³-hybridized carbons (Fsp3) is 0.885. The van der Waals surface area contributed by atoms with Crippen molar-refractivity contribution >= 4 is 5.78 Å². The molecule has 176 valence electrons. The SMILES string of the molecule is CC1=C2C(O)C(=O)C3(C)C(O)C(C)C4(C)OCC4(C)C3C(C)C(C)(C(C)C1O)C2(C)C. The van der Waals surface area contributed by atoms with E-state index >= 15 is 0 Å². The van der Waals surface area contributed by atoms with Gasteiger partial charge in [0.1, 0.15) is 6.10 Å². The predicted molar refractivity (Wildman–Crippen MR) is 119 cm³/mol. The molecule has 1 heterocycles. The first kappa shape index (κ1) is 23.4. The highest BCUT2D eigenvalue weighted by molar-refractivity contribution is 5.93. The maximum atomic E-state index is 14.1. The summed E-state index contributed by atoms with van der Waals surface area (Å²) in [5.74, 6) is -0.838. The van der Waals surface area contributed by atoms with Crippen molar-refractivity contribution in [2.24, 2.45) is 45.3 Å². The minimum Gasteiger partial charge on any atom is -0.392 e. The Bertz CT molecular complexity index is 862.